The fourth-order valence-electron chi connectivity index (χ4n) is 3.21. The Bertz CT molecular complexity index is 1060. The molecule has 0 radical (unpaired) electrons. The second-order valence-corrected chi connectivity index (χ2v) is 6.30. The van der Waals surface area contributed by atoms with Gasteiger partial charge in [0.05, 0.1) is 6.26 Å². The van der Waals surface area contributed by atoms with Crippen molar-refractivity contribution in [3.8, 4) is 0 Å². The Labute approximate surface area is 157 Å². The minimum Gasteiger partial charge on any atom is -0.459 e. The van der Waals surface area contributed by atoms with E-state index >= 15 is 0 Å². The molecule has 4 rings (SSSR count). The summed E-state index contributed by atoms with van der Waals surface area (Å²) in [6, 6.07) is 5.12. The second kappa shape index (κ2) is 6.99. The molecule has 1 aliphatic rings. The number of furan rings is 1. The maximum Gasteiger partial charge on any atom is 0.289 e. The molecule has 0 saturated carbocycles. The monoisotopic (exact) mass is 389 g/mol. The zero-order valence-electron chi connectivity index (χ0n) is 14.5. The summed E-state index contributed by atoms with van der Waals surface area (Å²) in [5.41, 5.74) is -0.166. The number of carbonyl (C=O) groups excluding carboxylic acids is 2. The van der Waals surface area contributed by atoms with Gasteiger partial charge in [0.2, 0.25) is 0 Å². The van der Waals surface area contributed by atoms with Crippen LogP contribution in [-0.2, 0) is 0 Å². The zero-order chi connectivity index (χ0) is 19.8. The highest BCUT2D eigenvalue weighted by Crippen LogP contribution is 2.25. The molecule has 144 valence electrons. The van der Waals surface area contributed by atoms with Gasteiger partial charge in [-0.25, -0.2) is 13.2 Å². The van der Waals surface area contributed by atoms with E-state index in [2.05, 4.69) is 4.98 Å². The van der Waals surface area contributed by atoms with Gasteiger partial charge < -0.3 is 14.2 Å². The Morgan fingerprint density at radius 3 is 2.25 bits per heavy atom. The van der Waals surface area contributed by atoms with Crippen LogP contribution in [0.2, 0.25) is 0 Å². The maximum atomic E-state index is 14.0. The van der Waals surface area contributed by atoms with Crippen LogP contribution < -0.4 is 0 Å². The lowest BCUT2D eigenvalue weighted by molar-refractivity contribution is 0.0516. The van der Waals surface area contributed by atoms with E-state index in [0.717, 1.165) is 6.07 Å². The van der Waals surface area contributed by atoms with Crippen LogP contribution in [0.3, 0.4) is 0 Å². The van der Waals surface area contributed by atoms with Crippen molar-refractivity contribution in [3.63, 3.8) is 0 Å². The Morgan fingerprint density at radius 1 is 0.929 bits per heavy atom. The number of halogens is 3. The first kappa shape index (κ1) is 18.0. The van der Waals surface area contributed by atoms with Crippen LogP contribution in [0, 0.1) is 17.5 Å². The molecule has 0 unspecified atom stereocenters. The molecule has 6 nitrogen and oxygen atoms in total. The largest absolute Gasteiger partial charge is 0.459 e. The Kier molecular flexibility index (Phi) is 4.50. The lowest BCUT2D eigenvalue weighted by atomic mass is 10.1. The summed E-state index contributed by atoms with van der Waals surface area (Å²) < 4.78 is 46.2. The molecule has 1 aromatic carbocycles. The number of benzene rings is 1. The van der Waals surface area contributed by atoms with Crippen molar-refractivity contribution in [1.29, 1.82) is 0 Å². The number of hydrogen-bond donors (Lipinski definition) is 0. The predicted octanol–water partition coefficient (Wildman–Crippen LogP) is 2.84. The molecule has 2 aromatic heterocycles. The predicted molar refractivity (Wildman–Crippen MR) is 92.1 cm³/mol. The van der Waals surface area contributed by atoms with Crippen LogP contribution in [0.4, 0.5) is 13.2 Å². The van der Waals surface area contributed by atoms with E-state index in [1.165, 1.54) is 23.4 Å². The third kappa shape index (κ3) is 2.98. The van der Waals surface area contributed by atoms with Gasteiger partial charge in [-0.3, -0.25) is 14.6 Å². The minimum atomic E-state index is -1.60. The first-order valence-electron chi connectivity index (χ1n) is 8.51. The highest BCUT2D eigenvalue weighted by Gasteiger charge is 2.28. The molecule has 3 aromatic rings. The van der Waals surface area contributed by atoms with E-state index in [4.69, 9.17) is 4.42 Å². The average Bonchev–Trinajstić information content (AvgIpc) is 3.26. The molecule has 28 heavy (non-hydrogen) atoms. The van der Waals surface area contributed by atoms with Crippen LogP contribution in [0.1, 0.15) is 21.0 Å². The fraction of sp³-hybridized carbons (Fsp3) is 0.211. The Morgan fingerprint density at radius 2 is 1.61 bits per heavy atom. The van der Waals surface area contributed by atoms with Gasteiger partial charge in [-0.1, -0.05) is 0 Å². The third-order valence-corrected chi connectivity index (χ3v) is 4.69. The number of hydrogen-bond acceptors (Lipinski definition) is 4. The summed E-state index contributed by atoms with van der Waals surface area (Å²) in [6.45, 7) is 0.978. The van der Waals surface area contributed by atoms with Crippen molar-refractivity contribution in [2.75, 3.05) is 26.2 Å². The number of nitrogens with zero attached hydrogens (tertiary/aromatic N) is 3. The molecule has 0 bridgehead atoms. The topological polar surface area (TPSA) is 66.7 Å². The quantitative estimate of drug-likeness (QED) is 0.633. The number of piperazine rings is 1. The normalized spacial score (nSPS) is 14.5. The van der Waals surface area contributed by atoms with Gasteiger partial charge in [0, 0.05) is 43.1 Å². The van der Waals surface area contributed by atoms with E-state index in [0.29, 0.717) is 0 Å². The molecular formula is C19H14F3N3O3. The van der Waals surface area contributed by atoms with Gasteiger partial charge in [0.25, 0.3) is 11.8 Å². The molecule has 0 aliphatic carbocycles. The van der Waals surface area contributed by atoms with Crippen LogP contribution in [0.15, 0.2) is 41.1 Å². The molecule has 9 heteroatoms. The summed E-state index contributed by atoms with van der Waals surface area (Å²) in [6.07, 6.45) is 2.58. The number of rotatable bonds is 2. The maximum absolute atomic E-state index is 14.0. The van der Waals surface area contributed by atoms with Crippen LogP contribution in [0.25, 0.3) is 10.8 Å². The number of amides is 2. The fourth-order valence-corrected chi connectivity index (χ4v) is 3.21. The molecule has 0 spiro atoms. The zero-order valence-corrected chi connectivity index (χ0v) is 14.5. The van der Waals surface area contributed by atoms with Gasteiger partial charge in [0.15, 0.2) is 23.2 Å². The van der Waals surface area contributed by atoms with Crippen molar-refractivity contribution >= 4 is 22.6 Å². The number of pyridine rings is 1. The average molecular weight is 389 g/mol. The Hall–Kier alpha value is -3.36. The number of aromatic nitrogens is 1. The summed E-state index contributed by atoms with van der Waals surface area (Å²) in [4.78, 5) is 32.0. The second-order valence-electron chi connectivity index (χ2n) is 6.30. The van der Waals surface area contributed by atoms with Crippen molar-refractivity contribution in [1.82, 2.24) is 14.8 Å². The first-order valence-corrected chi connectivity index (χ1v) is 8.51. The van der Waals surface area contributed by atoms with Gasteiger partial charge >= 0.3 is 0 Å². The van der Waals surface area contributed by atoms with Gasteiger partial charge in [0.1, 0.15) is 5.69 Å². The molecule has 1 saturated heterocycles. The van der Waals surface area contributed by atoms with Gasteiger partial charge in [-0.15, -0.1) is 0 Å². The van der Waals surface area contributed by atoms with Crippen molar-refractivity contribution in [2.45, 2.75) is 0 Å². The minimum absolute atomic E-state index is 0.0991. The van der Waals surface area contributed by atoms with Gasteiger partial charge in [-0.05, 0) is 24.3 Å². The van der Waals surface area contributed by atoms with Crippen LogP contribution >= 0.6 is 0 Å². The highest BCUT2D eigenvalue weighted by atomic mass is 19.2. The van der Waals surface area contributed by atoms with E-state index in [9.17, 15) is 22.8 Å². The SMILES string of the molecule is O=C(c1ccco1)N1CCN(C(=O)c2nccc3c(F)c(F)c(F)cc23)CC1. The van der Waals surface area contributed by atoms with E-state index in [1.54, 1.807) is 17.0 Å². The Balaban J connectivity index is 1.56. The molecule has 2 amide bonds. The standard InChI is InChI=1S/C19H14F3N3O3/c20-13-10-12-11(15(21)16(13)22)3-4-23-17(12)19(27)25-7-5-24(6-8-25)18(26)14-2-1-9-28-14/h1-4,9-10H,5-8H2. The molecule has 3 heterocycles. The molecular weight excluding hydrogens is 375 g/mol. The smallest absolute Gasteiger partial charge is 0.289 e. The van der Waals surface area contributed by atoms with Crippen LogP contribution in [-0.4, -0.2) is 52.8 Å². The van der Waals surface area contributed by atoms with Crippen LogP contribution in [0.5, 0.6) is 0 Å². The first-order chi connectivity index (χ1) is 13.5. The summed E-state index contributed by atoms with van der Waals surface area (Å²) in [7, 11) is 0. The summed E-state index contributed by atoms with van der Waals surface area (Å²) in [5.74, 6) is -4.95. The lowest BCUT2D eigenvalue weighted by Gasteiger charge is -2.34. The van der Waals surface area contributed by atoms with Crippen molar-refractivity contribution in [2.24, 2.45) is 0 Å². The van der Waals surface area contributed by atoms with E-state index in [-0.39, 0.29) is 54.3 Å². The van der Waals surface area contributed by atoms with Gasteiger partial charge in [-0.2, -0.15) is 0 Å². The van der Waals surface area contributed by atoms with E-state index < -0.39 is 23.4 Å². The lowest BCUT2D eigenvalue weighted by Crippen LogP contribution is -2.50. The molecule has 0 atom stereocenters. The molecule has 0 N–H and O–H groups in total. The highest BCUT2D eigenvalue weighted by molar-refractivity contribution is 6.05. The van der Waals surface area contributed by atoms with Crippen molar-refractivity contribution in [3.05, 3.63) is 65.6 Å². The summed E-state index contributed by atoms with van der Waals surface area (Å²) in [5, 5.41) is -0.318. The number of fused-ring (bicyclic) bond motifs is 1. The molecule has 1 aliphatic heterocycles. The third-order valence-electron chi connectivity index (χ3n) is 4.69. The van der Waals surface area contributed by atoms with E-state index in [1.807, 2.05) is 0 Å². The number of carbonyl (C=O) groups is 2. The summed E-state index contributed by atoms with van der Waals surface area (Å²) >= 11 is 0. The molecule has 1 fully saturated rings. The van der Waals surface area contributed by atoms with Crippen molar-refractivity contribution < 1.29 is 27.2 Å².